The average Bonchev–Trinajstić information content (AvgIpc) is 2.42. The Morgan fingerprint density at radius 3 is 2.80 bits per heavy atom. The highest BCUT2D eigenvalue weighted by atomic mass is 16.5. The molecule has 0 saturated heterocycles. The summed E-state index contributed by atoms with van der Waals surface area (Å²) >= 11 is 0. The SMILES string of the molecule is CCCOc1cc(NC2CCC(C)CC2C)ccc1N. The van der Waals surface area contributed by atoms with Gasteiger partial charge in [-0.25, -0.2) is 0 Å². The van der Waals surface area contributed by atoms with Crippen LogP contribution >= 0.6 is 0 Å². The maximum Gasteiger partial charge on any atom is 0.144 e. The molecule has 3 unspecified atom stereocenters. The lowest BCUT2D eigenvalue weighted by Crippen LogP contribution is -2.32. The Hall–Kier alpha value is -1.38. The lowest BCUT2D eigenvalue weighted by atomic mass is 9.80. The Bertz CT molecular complexity index is 433. The third-order valence-corrected chi connectivity index (χ3v) is 4.26. The molecule has 0 aliphatic heterocycles. The number of anilines is 2. The Morgan fingerprint density at radius 2 is 2.10 bits per heavy atom. The molecule has 2 rings (SSSR count). The van der Waals surface area contributed by atoms with Crippen molar-refractivity contribution in [1.29, 1.82) is 0 Å². The fourth-order valence-corrected chi connectivity index (χ4v) is 3.06. The van der Waals surface area contributed by atoms with Gasteiger partial charge < -0.3 is 15.8 Å². The fourth-order valence-electron chi connectivity index (χ4n) is 3.06. The first kappa shape index (κ1) is 15.0. The zero-order chi connectivity index (χ0) is 14.5. The fraction of sp³-hybridized carbons (Fsp3) is 0.647. The van der Waals surface area contributed by atoms with Crippen LogP contribution in [0, 0.1) is 11.8 Å². The summed E-state index contributed by atoms with van der Waals surface area (Å²) in [6, 6.07) is 6.59. The molecule has 1 fully saturated rings. The van der Waals surface area contributed by atoms with Crippen molar-refractivity contribution in [3.8, 4) is 5.75 Å². The summed E-state index contributed by atoms with van der Waals surface area (Å²) < 4.78 is 5.69. The van der Waals surface area contributed by atoms with E-state index in [1.165, 1.54) is 19.3 Å². The highest BCUT2D eigenvalue weighted by molar-refractivity contribution is 5.61. The molecule has 3 atom stereocenters. The van der Waals surface area contributed by atoms with Gasteiger partial charge in [0, 0.05) is 17.8 Å². The van der Waals surface area contributed by atoms with Crippen LogP contribution in [0.2, 0.25) is 0 Å². The number of hydrogen-bond donors (Lipinski definition) is 2. The maximum absolute atomic E-state index is 5.96. The lowest BCUT2D eigenvalue weighted by molar-refractivity contribution is 0.276. The van der Waals surface area contributed by atoms with Crippen molar-refractivity contribution < 1.29 is 4.74 Å². The first-order chi connectivity index (χ1) is 9.60. The van der Waals surface area contributed by atoms with Gasteiger partial charge in [0.2, 0.25) is 0 Å². The third-order valence-electron chi connectivity index (χ3n) is 4.26. The average molecular weight is 276 g/mol. The minimum Gasteiger partial charge on any atom is -0.491 e. The van der Waals surface area contributed by atoms with Crippen LogP contribution in [0.15, 0.2) is 18.2 Å². The number of nitrogens with one attached hydrogen (secondary N) is 1. The van der Waals surface area contributed by atoms with E-state index in [1.54, 1.807) is 0 Å². The number of hydrogen-bond acceptors (Lipinski definition) is 3. The first-order valence-electron chi connectivity index (χ1n) is 7.89. The third kappa shape index (κ3) is 3.81. The molecule has 20 heavy (non-hydrogen) atoms. The molecule has 112 valence electrons. The summed E-state index contributed by atoms with van der Waals surface area (Å²) in [7, 11) is 0. The predicted molar refractivity (Wildman–Crippen MR) is 86.2 cm³/mol. The first-order valence-corrected chi connectivity index (χ1v) is 7.89. The summed E-state index contributed by atoms with van der Waals surface area (Å²) in [6.07, 6.45) is 4.87. The molecular formula is C17H28N2O. The molecule has 0 bridgehead atoms. The molecule has 0 aromatic heterocycles. The van der Waals surface area contributed by atoms with E-state index in [1.807, 2.05) is 12.1 Å². The Labute approximate surface area is 122 Å². The van der Waals surface area contributed by atoms with Crippen LogP contribution in [0.1, 0.15) is 46.5 Å². The van der Waals surface area contributed by atoms with E-state index >= 15 is 0 Å². The van der Waals surface area contributed by atoms with Gasteiger partial charge in [-0.3, -0.25) is 0 Å². The van der Waals surface area contributed by atoms with Crippen molar-refractivity contribution in [3.63, 3.8) is 0 Å². The largest absolute Gasteiger partial charge is 0.491 e. The van der Waals surface area contributed by atoms with Crippen molar-refractivity contribution >= 4 is 11.4 Å². The molecule has 1 aromatic rings. The van der Waals surface area contributed by atoms with Crippen LogP contribution in [0.3, 0.4) is 0 Å². The minimum atomic E-state index is 0.564. The van der Waals surface area contributed by atoms with Gasteiger partial charge in [-0.1, -0.05) is 20.8 Å². The van der Waals surface area contributed by atoms with Gasteiger partial charge >= 0.3 is 0 Å². The van der Waals surface area contributed by atoms with Crippen molar-refractivity contribution in [2.24, 2.45) is 11.8 Å². The highest BCUT2D eigenvalue weighted by Gasteiger charge is 2.25. The molecule has 0 spiro atoms. The zero-order valence-corrected chi connectivity index (χ0v) is 13.0. The molecule has 3 N–H and O–H groups in total. The van der Waals surface area contributed by atoms with E-state index in [0.717, 1.165) is 29.7 Å². The van der Waals surface area contributed by atoms with Crippen LogP contribution in [0.5, 0.6) is 5.75 Å². The van der Waals surface area contributed by atoms with E-state index in [2.05, 4.69) is 32.2 Å². The number of ether oxygens (including phenoxy) is 1. The number of benzene rings is 1. The van der Waals surface area contributed by atoms with Crippen LogP contribution in [-0.2, 0) is 0 Å². The summed E-state index contributed by atoms with van der Waals surface area (Å²) in [4.78, 5) is 0. The van der Waals surface area contributed by atoms with E-state index in [4.69, 9.17) is 10.5 Å². The van der Waals surface area contributed by atoms with E-state index in [9.17, 15) is 0 Å². The van der Waals surface area contributed by atoms with E-state index in [-0.39, 0.29) is 0 Å². The molecule has 1 saturated carbocycles. The second kappa shape index (κ2) is 6.87. The summed E-state index contributed by atoms with van der Waals surface area (Å²) in [5, 5.41) is 3.66. The molecular weight excluding hydrogens is 248 g/mol. The van der Waals surface area contributed by atoms with Gasteiger partial charge in [0.15, 0.2) is 0 Å². The maximum atomic E-state index is 5.96. The van der Waals surface area contributed by atoms with Gasteiger partial charge in [0.1, 0.15) is 5.75 Å². The molecule has 0 amide bonds. The van der Waals surface area contributed by atoms with Crippen molar-refractivity contribution in [2.45, 2.75) is 52.5 Å². The van der Waals surface area contributed by atoms with Crippen LogP contribution < -0.4 is 15.8 Å². The zero-order valence-electron chi connectivity index (χ0n) is 13.0. The standard InChI is InChI=1S/C17H28N2O/c1-4-9-20-17-11-14(6-7-15(17)18)19-16-8-5-12(2)10-13(16)3/h6-7,11-13,16,19H,4-5,8-10,18H2,1-3H3. The van der Waals surface area contributed by atoms with Gasteiger partial charge in [0.25, 0.3) is 0 Å². The highest BCUT2D eigenvalue weighted by Crippen LogP contribution is 2.32. The second-order valence-corrected chi connectivity index (χ2v) is 6.25. The Morgan fingerprint density at radius 1 is 1.30 bits per heavy atom. The molecule has 1 aromatic carbocycles. The van der Waals surface area contributed by atoms with Crippen LogP contribution in [0.25, 0.3) is 0 Å². The second-order valence-electron chi connectivity index (χ2n) is 6.25. The molecule has 0 radical (unpaired) electrons. The van der Waals surface area contributed by atoms with Crippen molar-refractivity contribution in [2.75, 3.05) is 17.7 Å². The molecule has 0 heterocycles. The quantitative estimate of drug-likeness (QED) is 0.788. The van der Waals surface area contributed by atoms with E-state index < -0.39 is 0 Å². The smallest absolute Gasteiger partial charge is 0.144 e. The summed E-state index contributed by atoms with van der Waals surface area (Å²) in [6.45, 7) is 7.51. The Kier molecular flexibility index (Phi) is 5.16. The number of nitrogen functional groups attached to an aromatic ring is 1. The van der Waals surface area contributed by atoms with Crippen molar-refractivity contribution in [1.82, 2.24) is 0 Å². The van der Waals surface area contributed by atoms with Crippen LogP contribution in [0.4, 0.5) is 11.4 Å². The minimum absolute atomic E-state index is 0.564. The molecule has 1 aliphatic rings. The van der Waals surface area contributed by atoms with Gasteiger partial charge in [-0.2, -0.15) is 0 Å². The van der Waals surface area contributed by atoms with Crippen LogP contribution in [-0.4, -0.2) is 12.6 Å². The summed E-state index contributed by atoms with van der Waals surface area (Å²) in [5.41, 5.74) is 7.80. The van der Waals surface area contributed by atoms with Gasteiger partial charge in [-0.15, -0.1) is 0 Å². The predicted octanol–water partition coefficient (Wildman–Crippen LogP) is 4.29. The number of nitrogens with two attached hydrogens (primary N) is 1. The van der Waals surface area contributed by atoms with Crippen molar-refractivity contribution in [3.05, 3.63) is 18.2 Å². The number of rotatable bonds is 5. The van der Waals surface area contributed by atoms with E-state index in [0.29, 0.717) is 18.3 Å². The molecule has 3 heteroatoms. The monoisotopic (exact) mass is 276 g/mol. The van der Waals surface area contributed by atoms with Gasteiger partial charge in [0.05, 0.1) is 12.3 Å². The Balaban J connectivity index is 2.02. The topological polar surface area (TPSA) is 47.3 Å². The lowest BCUT2D eigenvalue weighted by Gasteiger charge is -2.34. The molecule has 1 aliphatic carbocycles. The molecule has 3 nitrogen and oxygen atoms in total. The summed E-state index contributed by atoms with van der Waals surface area (Å²) in [5.74, 6) is 2.38. The normalized spacial score (nSPS) is 26.2. The van der Waals surface area contributed by atoms with Gasteiger partial charge in [-0.05, 0) is 49.7 Å².